The van der Waals surface area contributed by atoms with E-state index in [1.165, 1.54) is 5.56 Å². The first-order valence-electron chi connectivity index (χ1n) is 11.2. The molecule has 1 aromatic carbocycles. The molecule has 1 N–H and O–H groups in total. The van der Waals surface area contributed by atoms with E-state index >= 15 is 0 Å². The number of esters is 1. The third kappa shape index (κ3) is 7.79. The van der Waals surface area contributed by atoms with Crippen molar-refractivity contribution in [3.8, 4) is 0 Å². The van der Waals surface area contributed by atoms with Crippen LogP contribution in [0.5, 0.6) is 0 Å². The first kappa shape index (κ1) is 24.0. The Hall–Kier alpha value is -1.32. The highest BCUT2D eigenvalue weighted by Gasteiger charge is 2.34. The second-order valence-corrected chi connectivity index (χ2v) is 9.03. The van der Waals surface area contributed by atoms with Gasteiger partial charge in [0, 0.05) is 11.8 Å². The summed E-state index contributed by atoms with van der Waals surface area (Å²) in [6.07, 6.45) is 11.1. The standard InChI is InChI=1S/C25H37ClO3/c1-4-9-24(27)20-14-12-19(13-15-20)21-16-17-23(26)22(21)10-7-5-6-8-11-25(28)29-18(2)3/h5,7,12-15,18,21-24,27H,4,6,8-11,16-17H2,1-3H3/b7-5-/t21-,22-,23?,24?/m1/s1. The molecule has 0 heterocycles. The normalized spacial score (nSPS) is 23.0. The molecule has 1 fully saturated rings. The third-order valence-electron chi connectivity index (χ3n) is 5.74. The molecule has 1 aromatic rings. The lowest BCUT2D eigenvalue weighted by atomic mass is 9.86. The highest BCUT2D eigenvalue weighted by molar-refractivity contribution is 6.21. The van der Waals surface area contributed by atoms with Gasteiger partial charge in [-0.1, -0.05) is 49.8 Å². The minimum absolute atomic E-state index is 0.0398. The van der Waals surface area contributed by atoms with Gasteiger partial charge in [-0.3, -0.25) is 4.79 Å². The fourth-order valence-electron chi connectivity index (χ4n) is 4.21. The molecule has 0 spiro atoms. The van der Waals surface area contributed by atoms with Crippen LogP contribution in [0.25, 0.3) is 0 Å². The maximum Gasteiger partial charge on any atom is 0.306 e. The summed E-state index contributed by atoms with van der Waals surface area (Å²) >= 11 is 6.64. The van der Waals surface area contributed by atoms with E-state index in [4.69, 9.17) is 16.3 Å². The summed E-state index contributed by atoms with van der Waals surface area (Å²) in [6.45, 7) is 5.84. The lowest BCUT2D eigenvalue weighted by Crippen LogP contribution is -2.13. The van der Waals surface area contributed by atoms with Crippen molar-refractivity contribution in [2.45, 2.75) is 95.6 Å². The number of hydrogen-bond acceptors (Lipinski definition) is 3. The minimum atomic E-state index is -0.366. The fourth-order valence-corrected chi connectivity index (χ4v) is 4.61. The van der Waals surface area contributed by atoms with Crippen LogP contribution in [0.2, 0.25) is 0 Å². The third-order valence-corrected chi connectivity index (χ3v) is 6.28. The molecule has 0 saturated heterocycles. The molecule has 3 nitrogen and oxygen atoms in total. The highest BCUT2D eigenvalue weighted by Crippen LogP contribution is 2.44. The molecule has 1 saturated carbocycles. The topological polar surface area (TPSA) is 46.5 Å². The number of carbonyl (C=O) groups excluding carboxylic acids is 1. The summed E-state index contributed by atoms with van der Waals surface area (Å²) in [5.74, 6) is 0.795. The molecule has 162 valence electrons. The van der Waals surface area contributed by atoms with E-state index in [0.29, 0.717) is 18.3 Å². The average molecular weight is 421 g/mol. The molecule has 0 bridgehead atoms. The van der Waals surface area contributed by atoms with E-state index in [2.05, 4.69) is 43.3 Å². The summed E-state index contributed by atoms with van der Waals surface area (Å²) in [5.41, 5.74) is 2.33. The summed E-state index contributed by atoms with van der Waals surface area (Å²) in [6, 6.07) is 8.48. The Kier molecular flexibility index (Phi) is 10.2. The predicted molar refractivity (Wildman–Crippen MR) is 120 cm³/mol. The van der Waals surface area contributed by atoms with Crippen LogP contribution in [-0.4, -0.2) is 22.6 Å². The Morgan fingerprint density at radius 3 is 2.62 bits per heavy atom. The monoisotopic (exact) mass is 420 g/mol. The molecule has 29 heavy (non-hydrogen) atoms. The Morgan fingerprint density at radius 2 is 1.97 bits per heavy atom. The summed E-state index contributed by atoms with van der Waals surface area (Å²) in [5, 5.41) is 10.4. The molecule has 0 amide bonds. The van der Waals surface area contributed by atoms with Gasteiger partial charge in [-0.2, -0.15) is 0 Å². The first-order valence-corrected chi connectivity index (χ1v) is 11.6. The lowest BCUT2D eigenvalue weighted by Gasteiger charge is -2.21. The van der Waals surface area contributed by atoms with E-state index in [9.17, 15) is 9.90 Å². The van der Waals surface area contributed by atoms with Crippen LogP contribution < -0.4 is 0 Å². The number of alkyl halides is 1. The van der Waals surface area contributed by atoms with Crippen LogP contribution in [0.4, 0.5) is 0 Å². The molecule has 1 aliphatic carbocycles. The quantitative estimate of drug-likeness (QED) is 0.188. The molecular weight excluding hydrogens is 384 g/mol. The van der Waals surface area contributed by atoms with Gasteiger partial charge in [0.25, 0.3) is 0 Å². The van der Waals surface area contributed by atoms with E-state index in [-0.39, 0.29) is 23.6 Å². The number of benzene rings is 1. The van der Waals surface area contributed by atoms with Crippen LogP contribution in [0, 0.1) is 5.92 Å². The summed E-state index contributed by atoms with van der Waals surface area (Å²) in [4.78, 5) is 11.6. The van der Waals surface area contributed by atoms with Crippen molar-refractivity contribution in [2.75, 3.05) is 0 Å². The van der Waals surface area contributed by atoms with Crippen LogP contribution in [0.3, 0.4) is 0 Å². The second-order valence-electron chi connectivity index (χ2n) is 8.47. The zero-order valence-corrected chi connectivity index (χ0v) is 18.9. The highest BCUT2D eigenvalue weighted by atomic mass is 35.5. The summed E-state index contributed by atoms with van der Waals surface area (Å²) < 4.78 is 5.16. The van der Waals surface area contributed by atoms with Crippen molar-refractivity contribution in [1.82, 2.24) is 0 Å². The van der Waals surface area contributed by atoms with Gasteiger partial charge in [-0.05, 0) is 75.3 Å². The zero-order chi connectivity index (χ0) is 21.2. The molecular formula is C25H37ClO3. The van der Waals surface area contributed by atoms with Crippen molar-refractivity contribution in [1.29, 1.82) is 0 Å². The number of rotatable bonds is 11. The summed E-state index contributed by atoms with van der Waals surface area (Å²) in [7, 11) is 0. The van der Waals surface area contributed by atoms with Gasteiger partial charge in [-0.15, -0.1) is 11.6 Å². The van der Waals surface area contributed by atoms with Crippen LogP contribution in [-0.2, 0) is 9.53 Å². The Balaban J connectivity index is 1.84. The number of carbonyl (C=O) groups is 1. The number of aliphatic hydroxyl groups is 1. The van der Waals surface area contributed by atoms with Crippen molar-refractivity contribution < 1.29 is 14.6 Å². The maximum absolute atomic E-state index is 11.6. The molecule has 4 atom stereocenters. The predicted octanol–water partition coefficient (Wildman–Crippen LogP) is 6.69. The number of aliphatic hydroxyl groups excluding tert-OH is 1. The average Bonchev–Trinajstić information content (AvgIpc) is 3.05. The van der Waals surface area contributed by atoms with Crippen molar-refractivity contribution in [3.63, 3.8) is 0 Å². The number of halogens is 1. The lowest BCUT2D eigenvalue weighted by molar-refractivity contribution is -0.147. The van der Waals surface area contributed by atoms with E-state index in [1.54, 1.807) is 0 Å². The maximum atomic E-state index is 11.6. The fraction of sp³-hybridized carbons (Fsp3) is 0.640. The molecule has 2 unspecified atom stereocenters. The minimum Gasteiger partial charge on any atom is -0.463 e. The van der Waals surface area contributed by atoms with Gasteiger partial charge in [0.05, 0.1) is 12.2 Å². The number of hydrogen-bond donors (Lipinski definition) is 1. The Labute approximate surface area is 181 Å². The zero-order valence-electron chi connectivity index (χ0n) is 18.1. The van der Waals surface area contributed by atoms with Crippen LogP contribution in [0.15, 0.2) is 36.4 Å². The van der Waals surface area contributed by atoms with Gasteiger partial charge >= 0.3 is 5.97 Å². The van der Waals surface area contributed by atoms with Gasteiger partial charge in [0.2, 0.25) is 0 Å². The molecule has 0 aromatic heterocycles. The molecule has 0 radical (unpaired) electrons. The SMILES string of the molecule is CCCC(O)c1ccc([C@H]2CCC(Cl)[C@@H]2C/C=C\CCCC(=O)OC(C)C)cc1. The van der Waals surface area contributed by atoms with E-state index < -0.39 is 0 Å². The number of unbranched alkanes of at least 4 members (excludes halogenated alkanes) is 1. The number of allylic oxidation sites excluding steroid dienone is 2. The van der Waals surface area contributed by atoms with Crippen LogP contribution in [0.1, 0.15) is 95.3 Å². The van der Waals surface area contributed by atoms with Gasteiger partial charge in [-0.25, -0.2) is 0 Å². The van der Waals surface area contributed by atoms with Gasteiger partial charge in [0.15, 0.2) is 0 Å². The van der Waals surface area contributed by atoms with E-state index in [1.807, 2.05) is 13.8 Å². The Morgan fingerprint density at radius 1 is 1.24 bits per heavy atom. The Bertz CT molecular complexity index is 638. The largest absolute Gasteiger partial charge is 0.463 e. The molecule has 1 aliphatic rings. The van der Waals surface area contributed by atoms with Gasteiger partial charge in [0.1, 0.15) is 0 Å². The first-order chi connectivity index (χ1) is 13.9. The van der Waals surface area contributed by atoms with Crippen molar-refractivity contribution in [2.24, 2.45) is 5.92 Å². The van der Waals surface area contributed by atoms with Crippen molar-refractivity contribution >= 4 is 17.6 Å². The van der Waals surface area contributed by atoms with Crippen molar-refractivity contribution in [3.05, 3.63) is 47.5 Å². The molecule has 2 rings (SSSR count). The molecule has 0 aliphatic heterocycles. The van der Waals surface area contributed by atoms with Gasteiger partial charge < -0.3 is 9.84 Å². The van der Waals surface area contributed by atoms with Crippen LogP contribution >= 0.6 is 11.6 Å². The second kappa shape index (κ2) is 12.4. The van der Waals surface area contributed by atoms with E-state index in [0.717, 1.165) is 50.5 Å². The molecule has 4 heteroatoms. The smallest absolute Gasteiger partial charge is 0.306 e. The number of ether oxygens (including phenoxy) is 1.